The van der Waals surface area contributed by atoms with Crippen molar-refractivity contribution in [1.29, 1.82) is 0 Å². The lowest BCUT2D eigenvalue weighted by Gasteiger charge is -2.40. The standard InChI is InChI=1S/C16H29NO3/c1-15(2)7-9-16(19,10-8-15)12-17-14(18)6-5-13-4-3-11-20-13/h13,19H,3-12H2,1-2H3,(H,17,18). The van der Waals surface area contributed by atoms with Gasteiger partial charge in [-0.25, -0.2) is 0 Å². The SMILES string of the molecule is CC1(C)CCC(O)(CNC(=O)CCC2CCCO2)CC1. The summed E-state index contributed by atoms with van der Waals surface area (Å²) in [5.74, 6) is 0.0405. The van der Waals surface area contributed by atoms with Crippen molar-refractivity contribution in [3.8, 4) is 0 Å². The molecule has 4 heteroatoms. The number of ether oxygens (including phenoxy) is 1. The summed E-state index contributed by atoms with van der Waals surface area (Å²) in [7, 11) is 0. The van der Waals surface area contributed by atoms with Crippen molar-refractivity contribution >= 4 is 5.91 Å². The van der Waals surface area contributed by atoms with Crippen LogP contribution in [-0.2, 0) is 9.53 Å². The highest BCUT2D eigenvalue weighted by Gasteiger charge is 2.36. The monoisotopic (exact) mass is 283 g/mol. The van der Waals surface area contributed by atoms with E-state index in [-0.39, 0.29) is 12.0 Å². The molecule has 1 heterocycles. The normalized spacial score (nSPS) is 28.2. The van der Waals surface area contributed by atoms with E-state index in [2.05, 4.69) is 19.2 Å². The van der Waals surface area contributed by atoms with Gasteiger partial charge in [0.25, 0.3) is 0 Å². The molecule has 2 fully saturated rings. The highest BCUT2D eigenvalue weighted by atomic mass is 16.5. The highest BCUT2D eigenvalue weighted by Crippen LogP contribution is 2.39. The zero-order chi connectivity index (χ0) is 14.6. The highest BCUT2D eigenvalue weighted by molar-refractivity contribution is 5.75. The van der Waals surface area contributed by atoms with E-state index >= 15 is 0 Å². The smallest absolute Gasteiger partial charge is 0.220 e. The summed E-state index contributed by atoms with van der Waals surface area (Å²) in [4.78, 5) is 11.8. The number of carbonyl (C=O) groups is 1. The van der Waals surface area contributed by atoms with E-state index in [0.29, 0.717) is 18.4 Å². The van der Waals surface area contributed by atoms with Crippen LogP contribution in [0.5, 0.6) is 0 Å². The minimum Gasteiger partial charge on any atom is -0.388 e. The molecule has 2 N–H and O–H groups in total. The summed E-state index contributed by atoms with van der Waals surface area (Å²) in [5, 5.41) is 13.4. The van der Waals surface area contributed by atoms with Crippen molar-refractivity contribution in [3.05, 3.63) is 0 Å². The van der Waals surface area contributed by atoms with Crippen LogP contribution >= 0.6 is 0 Å². The number of hydrogen-bond donors (Lipinski definition) is 2. The summed E-state index contributed by atoms with van der Waals surface area (Å²) in [6, 6.07) is 0. The van der Waals surface area contributed by atoms with Gasteiger partial charge in [-0.15, -0.1) is 0 Å². The number of rotatable bonds is 5. The second-order valence-corrected chi connectivity index (χ2v) is 7.34. The van der Waals surface area contributed by atoms with E-state index in [4.69, 9.17) is 4.74 Å². The molecule has 1 aliphatic heterocycles. The molecule has 0 bridgehead atoms. The number of carbonyl (C=O) groups excluding carboxylic acids is 1. The van der Waals surface area contributed by atoms with Gasteiger partial charge in [0, 0.05) is 19.6 Å². The van der Waals surface area contributed by atoms with E-state index in [0.717, 1.165) is 51.6 Å². The molecular formula is C16H29NO3. The number of aliphatic hydroxyl groups is 1. The Labute approximate surface area is 122 Å². The molecule has 1 aliphatic carbocycles. The van der Waals surface area contributed by atoms with Crippen molar-refractivity contribution in [2.45, 2.75) is 76.9 Å². The van der Waals surface area contributed by atoms with E-state index in [1.165, 1.54) is 0 Å². The van der Waals surface area contributed by atoms with Gasteiger partial charge in [-0.3, -0.25) is 4.79 Å². The molecule has 1 amide bonds. The average Bonchev–Trinajstić information content (AvgIpc) is 2.92. The van der Waals surface area contributed by atoms with Gasteiger partial charge in [-0.05, 0) is 50.4 Å². The van der Waals surface area contributed by atoms with Crippen LogP contribution in [0.1, 0.15) is 65.2 Å². The van der Waals surface area contributed by atoms with E-state index in [1.54, 1.807) is 0 Å². The maximum atomic E-state index is 11.8. The second-order valence-electron chi connectivity index (χ2n) is 7.34. The van der Waals surface area contributed by atoms with Crippen molar-refractivity contribution in [2.24, 2.45) is 5.41 Å². The van der Waals surface area contributed by atoms with Crippen LogP contribution in [0.3, 0.4) is 0 Å². The second kappa shape index (κ2) is 6.44. The minimum atomic E-state index is -0.699. The van der Waals surface area contributed by atoms with Gasteiger partial charge in [-0.2, -0.15) is 0 Å². The Morgan fingerprint density at radius 2 is 2.00 bits per heavy atom. The van der Waals surface area contributed by atoms with E-state index in [9.17, 15) is 9.90 Å². The predicted molar refractivity (Wildman–Crippen MR) is 78.4 cm³/mol. The molecule has 2 rings (SSSR count). The van der Waals surface area contributed by atoms with Gasteiger partial charge >= 0.3 is 0 Å². The molecule has 1 saturated heterocycles. The molecule has 0 radical (unpaired) electrons. The average molecular weight is 283 g/mol. The maximum Gasteiger partial charge on any atom is 0.220 e. The fourth-order valence-corrected chi connectivity index (χ4v) is 3.08. The van der Waals surface area contributed by atoms with Gasteiger partial charge in [0.2, 0.25) is 5.91 Å². The molecule has 4 nitrogen and oxygen atoms in total. The first kappa shape index (κ1) is 15.8. The lowest BCUT2D eigenvalue weighted by atomic mass is 9.71. The van der Waals surface area contributed by atoms with Crippen molar-refractivity contribution in [3.63, 3.8) is 0 Å². The minimum absolute atomic E-state index is 0.0405. The van der Waals surface area contributed by atoms with Gasteiger partial charge in [0.15, 0.2) is 0 Å². The zero-order valence-corrected chi connectivity index (χ0v) is 12.9. The summed E-state index contributed by atoms with van der Waals surface area (Å²) >= 11 is 0. The molecule has 0 aromatic heterocycles. The van der Waals surface area contributed by atoms with Crippen molar-refractivity contribution in [1.82, 2.24) is 5.32 Å². The molecule has 1 saturated carbocycles. The van der Waals surface area contributed by atoms with Crippen LogP contribution in [0.4, 0.5) is 0 Å². The van der Waals surface area contributed by atoms with Gasteiger partial charge < -0.3 is 15.2 Å². The summed E-state index contributed by atoms with van der Waals surface area (Å²) in [6.07, 6.45) is 7.37. The Hall–Kier alpha value is -0.610. The van der Waals surface area contributed by atoms with Crippen LogP contribution < -0.4 is 5.32 Å². The fraction of sp³-hybridized carbons (Fsp3) is 0.938. The largest absolute Gasteiger partial charge is 0.388 e. The Bertz CT molecular complexity index is 325. The van der Waals surface area contributed by atoms with Crippen LogP contribution in [0, 0.1) is 5.41 Å². The van der Waals surface area contributed by atoms with Gasteiger partial charge in [0.05, 0.1) is 11.7 Å². The third-order valence-electron chi connectivity index (χ3n) is 4.87. The zero-order valence-electron chi connectivity index (χ0n) is 12.9. The molecule has 20 heavy (non-hydrogen) atoms. The Morgan fingerprint density at radius 3 is 2.60 bits per heavy atom. The summed E-state index contributed by atoms with van der Waals surface area (Å²) < 4.78 is 5.51. The fourth-order valence-electron chi connectivity index (χ4n) is 3.08. The Balaban J connectivity index is 1.65. The van der Waals surface area contributed by atoms with Gasteiger partial charge in [0.1, 0.15) is 0 Å². The van der Waals surface area contributed by atoms with Gasteiger partial charge in [-0.1, -0.05) is 13.8 Å². The molecular weight excluding hydrogens is 254 g/mol. The number of amides is 1. The first-order valence-corrected chi connectivity index (χ1v) is 7.99. The van der Waals surface area contributed by atoms with Crippen LogP contribution in [0.15, 0.2) is 0 Å². The van der Waals surface area contributed by atoms with E-state index < -0.39 is 5.60 Å². The van der Waals surface area contributed by atoms with Crippen LogP contribution in [-0.4, -0.2) is 35.9 Å². The van der Waals surface area contributed by atoms with Crippen LogP contribution in [0.2, 0.25) is 0 Å². The summed E-state index contributed by atoms with van der Waals surface area (Å²) in [5.41, 5.74) is -0.370. The Morgan fingerprint density at radius 1 is 1.30 bits per heavy atom. The third-order valence-corrected chi connectivity index (χ3v) is 4.87. The molecule has 1 atom stereocenters. The predicted octanol–water partition coefficient (Wildman–Crippen LogP) is 2.39. The van der Waals surface area contributed by atoms with E-state index in [1.807, 2.05) is 0 Å². The summed E-state index contributed by atoms with van der Waals surface area (Å²) in [6.45, 7) is 5.72. The molecule has 2 aliphatic rings. The molecule has 1 unspecified atom stereocenters. The topological polar surface area (TPSA) is 58.6 Å². The van der Waals surface area contributed by atoms with Crippen LogP contribution in [0.25, 0.3) is 0 Å². The number of hydrogen-bond acceptors (Lipinski definition) is 3. The molecule has 0 spiro atoms. The number of nitrogens with one attached hydrogen (secondary N) is 1. The molecule has 116 valence electrons. The maximum absolute atomic E-state index is 11.8. The quantitative estimate of drug-likeness (QED) is 0.814. The first-order chi connectivity index (χ1) is 9.39. The molecule has 0 aromatic rings. The third kappa shape index (κ3) is 4.74. The first-order valence-electron chi connectivity index (χ1n) is 7.99. The molecule has 0 aromatic carbocycles. The van der Waals surface area contributed by atoms with Crippen molar-refractivity contribution < 1.29 is 14.6 Å². The van der Waals surface area contributed by atoms with Crippen molar-refractivity contribution in [2.75, 3.05) is 13.2 Å². The lowest BCUT2D eigenvalue weighted by molar-refractivity contribution is -0.123. The Kier molecular flexibility index (Phi) is 5.08. The lowest BCUT2D eigenvalue weighted by Crippen LogP contribution is -2.46.